The largest absolute Gasteiger partial charge is 0.465 e. The number of methoxy groups -OCH3 is 1. The summed E-state index contributed by atoms with van der Waals surface area (Å²) in [5.41, 5.74) is 4.55. The van der Waals surface area contributed by atoms with Crippen LogP contribution in [0.25, 0.3) is 16.8 Å². The summed E-state index contributed by atoms with van der Waals surface area (Å²) in [5.74, 6) is -0.377. The van der Waals surface area contributed by atoms with Gasteiger partial charge in [0.1, 0.15) is 5.60 Å². The van der Waals surface area contributed by atoms with Crippen LogP contribution in [0, 0.1) is 6.92 Å². The highest BCUT2D eigenvalue weighted by atomic mass is 16.6. The Balaban J connectivity index is 1.82. The second-order valence-electron chi connectivity index (χ2n) is 8.10. The zero-order valence-electron chi connectivity index (χ0n) is 17.5. The van der Waals surface area contributed by atoms with Crippen molar-refractivity contribution in [2.75, 3.05) is 20.2 Å². The summed E-state index contributed by atoms with van der Waals surface area (Å²) in [6.45, 7) is 8.50. The predicted octanol–water partition coefficient (Wildman–Crippen LogP) is 4.48. The third kappa shape index (κ3) is 5.02. The minimum atomic E-state index is -0.522. The second kappa shape index (κ2) is 8.07. The molecular formula is C23H26N2O4. The van der Waals surface area contributed by atoms with Crippen LogP contribution in [-0.4, -0.2) is 47.7 Å². The molecule has 0 saturated carbocycles. The number of esters is 1. The van der Waals surface area contributed by atoms with Crippen LogP contribution in [0.15, 0.2) is 42.6 Å². The summed E-state index contributed by atoms with van der Waals surface area (Å²) in [7, 11) is 1.37. The summed E-state index contributed by atoms with van der Waals surface area (Å²) in [5, 5.41) is 0. The molecule has 0 atom stereocenters. The monoisotopic (exact) mass is 394 g/mol. The lowest BCUT2D eigenvalue weighted by atomic mass is 10.0. The molecule has 1 aromatic heterocycles. The van der Waals surface area contributed by atoms with E-state index in [1.54, 1.807) is 23.2 Å². The first-order valence-electron chi connectivity index (χ1n) is 9.50. The van der Waals surface area contributed by atoms with E-state index >= 15 is 0 Å². The third-order valence-electron chi connectivity index (χ3n) is 4.50. The molecule has 6 nitrogen and oxygen atoms in total. The molecular weight excluding hydrogens is 368 g/mol. The van der Waals surface area contributed by atoms with Crippen molar-refractivity contribution in [1.82, 2.24) is 9.88 Å². The van der Waals surface area contributed by atoms with E-state index in [0.717, 1.165) is 28.0 Å². The van der Waals surface area contributed by atoms with E-state index in [0.29, 0.717) is 18.7 Å². The number of aryl methyl sites for hydroxylation is 1. The molecule has 1 aromatic carbocycles. The Hall–Kier alpha value is -3.15. The van der Waals surface area contributed by atoms with Gasteiger partial charge in [-0.3, -0.25) is 4.98 Å². The van der Waals surface area contributed by atoms with E-state index in [4.69, 9.17) is 9.47 Å². The van der Waals surface area contributed by atoms with E-state index in [1.165, 1.54) is 7.11 Å². The van der Waals surface area contributed by atoms with Gasteiger partial charge in [-0.1, -0.05) is 6.08 Å². The van der Waals surface area contributed by atoms with Crippen LogP contribution in [0.1, 0.15) is 42.3 Å². The average molecular weight is 394 g/mol. The van der Waals surface area contributed by atoms with Crippen molar-refractivity contribution in [2.24, 2.45) is 0 Å². The van der Waals surface area contributed by atoms with E-state index < -0.39 is 5.60 Å². The molecule has 0 aliphatic carbocycles. The van der Waals surface area contributed by atoms with Crippen molar-refractivity contribution >= 4 is 17.6 Å². The first kappa shape index (κ1) is 20.6. The molecule has 0 spiro atoms. The van der Waals surface area contributed by atoms with Crippen LogP contribution < -0.4 is 0 Å². The molecule has 2 heterocycles. The van der Waals surface area contributed by atoms with Gasteiger partial charge in [-0.05, 0) is 74.7 Å². The molecule has 6 heteroatoms. The zero-order chi connectivity index (χ0) is 21.2. The fourth-order valence-corrected chi connectivity index (χ4v) is 3.18. The Bertz CT molecular complexity index is 973. The number of nitrogens with zero attached hydrogens (tertiary/aromatic N) is 2. The number of carbonyl (C=O) groups is 2. The van der Waals surface area contributed by atoms with Gasteiger partial charge in [-0.15, -0.1) is 0 Å². The van der Waals surface area contributed by atoms with Gasteiger partial charge < -0.3 is 14.4 Å². The maximum Gasteiger partial charge on any atom is 0.410 e. The summed E-state index contributed by atoms with van der Waals surface area (Å²) in [6, 6.07) is 9.44. The van der Waals surface area contributed by atoms with Gasteiger partial charge >= 0.3 is 12.1 Å². The Morgan fingerprint density at radius 3 is 2.55 bits per heavy atom. The summed E-state index contributed by atoms with van der Waals surface area (Å²) < 4.78 is 10.3. The van der Waals surface area contributed by atoms with Crippen molar-refractivity contribution in [1.29, 1.82) is 0 Å². The molecule has 0 N–H and O–H groups in total. The lowest BCUT2D eigenvalue weighted by Crippen LogP contribution is -2.35. The van der Waals surface area contributed by atoms with Crippen LogP contribution >= 0.6 is 0 Å². The maximum absolute atomic E-state index is 12.3. The van der Waals surface area contributed by atoms with E-state index in [-0.39, 0.29) is 12.1 Å². The van der Waals surface area contributed by atoms with Gasteiger partial charge in [-0.2, -0.15) is 0 Å². The van der Waals surface area contributed by atoms with Crippen LogP contribution in [0.5, 0.6) is 0 Å². The highest BCUT2D eigenvalue weighted by molar-refractivity contribution is 5.91. The Labute approximate surface area is 171 Å². The number of hydrogen-bond donors (Lipinski definition) is 0. The van der Waals surface area contributed by atoms with Crippen LogP contribution in [-0.2, 0) is 9.47 Å². The lowest BCUT2D eigenvalue weighted by molar-refractivity contribution is 0.0306. The zero-order valence-corrected chi connectivity index (χ0v) is 17.5. The smallest absolute Gasteiger partial charge is 0.410 e. The van der Waals surface area contributed by atoms with E-state index in [9.17, 15) is 9.59 Å². The van der Waals surface area contributed by atoms with Gasteiger partial charge in [0.25, 0.3) is 0 Å². The fraction of sp³-hybridized carbons (Fsp3) is 0.348. The Kier molecular flexibility index (Phi) is 5.73. The van der Waals surface area contributed by atoms with Crippen LogP contribution in [0.4, 0.5) is 4.79 Å². The molecule has 2 aromatic rings. The number of benzene rings is 1. The average Bonchev–Trinajstić information content (AvgIpc) is 3.16. The fourth-order valence-electron chi connectivity index (χ4n) is 3.18. The number of ether oxygens (including phenoxy) is 2. The van der Waals surface area contributed by atoms with Crippen LogP contribution in [0.3, 0.4) is 0 Å². The summed E-state index contributed by atoms with van der Waals surface area (Å²) in [6.07, 6.45) is 3.44. The number of carbonyl (C=O) groups excluding carboxylic acids is 2. The summed E-state index contributed by atoms with van der Waals surface area (Å²) in [4.78, 5) is 30.4. The van der Waals surface area contributed by atoms with Crippen LogP contribution in [0.2, 0.25) is 0 Å². The lowest BCUT2D eigenvalue weighted by Gasteiger charge is -2.24. The standard InChI is InChI=1S/C23H26N2O4/c1-15-10-18(12-19(11-15)21(26)28-5)20-13-16(6-8-24-20)17-7-9-25(14-17)22(27)29-23(2,3)4/h6-8,10-13H,9,14H2,1-5H3. The first-order valence-corrected chi connectivity index (χ1v) is 9.50. The molecule has 0 saturated heterocycles. The molecule has 29 heavy (non-hydrogen) atoms. The topological polar surface area (TPSA) is 68.7 Å². The summed E-state index contributed by atoms with van der Waals surface area (Å²) >= 11 is 0. The van der Waals surface area contributed by atoms with Gasteiger partial charge in [-0.25, -0.2) is 9.59 Å². The molecule has 1 aliphatic rings. The van der Waals surface area contributed by atoms with E-state index in [1.807, 2.05) is 52.0 Å². The molecule has 3 rings (SSSR count). The highest BCUT2D eigenvalue weighted by Crippen LogP contribution is 2.27. The highest BCUT2D eigenvalue weighted by Gasteiger charge is 2.25. The predicted molar refractivity (Wildman–Crippen MR) is 112 cm³/mol. The number of rotatable bonds is 3. The maximum atomic E-state index is 12.3. The Morgan fingerprint density at radius 1 is 1.10 bits per heavy atom. The van der Waals surface area contributed by atoms with Crippen molar-refractivity contribution < 1.29 is 19.1 Å². The molecule has 0 unspecified atom stereocenters. The van der Waals surface area contributed by atoms with Gasteiger partial charge in [0.15, 0.2) is 0 Å². The van der Waals surface area contributed by atoms with E-state index in [2.05, 4.69) is 4.98 Å². The van der Waals surface area contributed by atoms with Gasteiger partial charge in [0, 0.05) is 24.8 Å². The van der Waals surface area contributed by atoms with Gasteiger partial charge in [0.05, 0.1) is 18.4 Å². The SMILES string of the molecule is COC(=O)c1cc(C)cc(-c2cc(C3=CCN(C(=O)OC(C)(C)C)C3)ccn2)c1. The van der Waals surface area contributed by atoms with Crippen molar-refractivity contribution in [3.05, 3.63) is 59.3 Å². The molecule has 0 radical (unpaired) electrons. The van der Waals surface area contributed by atoms with Crippen molar-refractivity contribution in [3.8, 4) is 11.3 Å². The van der Waals surface area contributed by atoms with Crippen molar-refractivity contribution in [2.45, 2.75) is 33.3 Å². The molecule has 1 amide bonds. The minimum absolute atomic E-state index is 0.320. The minimum Gasteiger partial charge on any atom is -0.465 e. The molecule has 152 valence electrons. The first-order chi connectivity index (χ1) is 13.7. The number of pyridine rings is 1. The molecule has 0 bridgehead atoms. The Morgan fingerprint density at radius 2 is 1.86 bits per heavy atom. The number of hydrogen-bond acceptors (Lipinski definition) is 5. The normalized spacial score (nSPS) is 13.8. The second-order valence-corrected chi connectivity index (χ2v) is 8.10. The quantitative estimate of drug-likeness (QED) is 0.718. The number of aromatic nitrogens is 1. The molecule has 1 aliphatic heterocycles. The molecule has 0 fully saturated rings. The third-order valence-corrected chi connectivity index (χ3v) is 4.50. The number of amides is 1. The van der Waals surface area contributed by atoms with Crippen molar-refractivity contribution in [3.63, 3.8) is 0 Å². The van der Waals surface area contributed by atoms with Gasteiger partial charge in [0.2, 0.25) is 0 Å².